The molecule has 2 fully saturated rings. The predicted octanol–water partition coefficient (Wildman–Crippen LogP) is 1.87. The number of halogens is 1. The van der Waals surface area contributed by atoms with Crippen LogP contribution in [0.2, 0.25) is 0 Å². The topological polar surface area (TPSA) is 70.2 Å². The fourth-order valence-electron chi connectivity index (χ4n) is 3.51. The zero-order chi connectivity index (χ0) is 19.4. The van der Waals surface area contributed by atoms with Gasteiger partial charge in [0.05, 0.1) is 12.5 Å². The maximum absolute atomic E-state index is 13.1. The van der Waals surface area contributed by atoms with Crippen LogP contribution in [-0.4, -0.2) is 67.0 Å². The van der Waals surface area contributed by atoms with Gasteiger partial charge in [-0.1, -0.05) is 0 Å². The van der Waals surface area contributed by atoms with Crippen LogP contribution in [0.5, 0.6) is 0 Å². The maximum atomic E-state index is 13.1. The van der Waals surface area contributed by atoms with Crippen LogP contribution in [0.15, 0.2) is 24.3 Å². The van der Waals surface area contributed by atoms with E-state index >= 15 is 0 Å². The molecule has 0 spiro atoms. The van der Waals surface area contributed by atoms with Gasteiger partial charge in [-0.15, -0.1) is 0 Å². The van der Waals surface area contributed by atoms with Gasteiger partial charge >= 0.3 is 12.0 Å². The molecule has 2 saturated heterocycles. The number of hydrogen-bond acceptors (Lipinski definition) is 4. The van der Waals surface area contributed by atoms with Gasteiger partial charge in [0.25, 0.3) is 0 Å². The van der Waals surface area contributed by atoms with Gasteiger partial charge in [-0.3, -0.25) is 14.5 Å². The van der Waals surface area contributed by atoms with Gasteiger partial charge in [0.15, 0.2) is 0 Å². The Morgan fingerprint density at radius 1 is 1.19 bits per heavy atom. The number of carbonyl (C=O) groups is 3. The van der Waals surface area contributed by atoms with E-state index < -0.39 is 0 Å². The molecular formula is C19H24FN3O4. The van der Waals surface area contributed by atoms with Crippen LogP contribution in [0.4, 0.5) is 14.9 Å². The third-order valence-corrected chi connectivity index (χ3v) is 4.95. The third-order valence-electron chi connectivity index (χ3n) is 4.95. The van der Waals surface area contributed by atoms with Crippen LogP contribution >= 0.6 is 0 Å². The standard InChI is InChI=1S/C19H24FN3O4/c1-2-27-18(25)14-4-3-9-21(12-14)17(24)13-22-10-11-23(19(22)26)16-7-5-15(20)6-8-16/h5-8,14H,2-4,9-13H2,1H3. The molecule has 27 heavy (non-hydrogen) atoms. The van der Waals surface area contributed by atoms with Crippen molar-refractivity contribution in [1.29, 1.82) is 0 Å². The fraction of sp³-hybridized carbons (Fsp3) is 0.526. The highest BCUT2D eigenvalue weighted by Gasteiger charge is 2.34. The van der Waals surface area contributed by atoms with Crippen molar-refractivity contribution in [3.05, 3.63) is 30.1 Å². The van der Waals surface area contributed by atoms with Crippen LogP contribution < -0.4 is 4.90 Å². The molecule has 1 unspecified atom stereocenters. The fourth-order valence-corrected chi connectivity index (χ4v) is 3.51. The molecule has 0 radical (unpaired) electrons. The molecule has 1 aromatic carbocycles. The van der Waals surface area contributed by atoms with Crippen LogP contribution in [0.25, 0.3) is 0 Å². The van der Waals surface area contributed by atoms with Gasteiger partial charge in [-0.05, 0) is 44.0 Å². The third kappa shape index (κ3) is 4.37. The number of nitrogens with zero attached hydrogens (tertiary/aromatic N) is 3. The van der Waals surface area contributed by atoms with Crippen LogP contribution in [-0.2, 0) is 14.3 Å². The molecule has 1 aromatic rings. The summed E-state index contributed by atoms with van der Waals surface area (Å²) in [6.07, 6.45) is 1.45. The molecule has 2 aliphatic rings. The van der Waals surface area contributed by atoms with Crippen molar-refractivity contribution in [2.45, 2.75) is 19.8 Å². The first-order chi connectivity index (χ1) is 13.0. The summed E-state index contributed by atoms with van der Waals surface area (Å²) >= 11 is 0. The number of likely N-dealkylation sites (tertiary alicyclic amines) is 1. The first kappa shape index (κ1) is 19.1. The molecule has 3 rings (SSSR count). The van der Waals surface area contributed by atoms with E-state index in [9.17, 15) is 18.8 Å². The average Bonchev–Trinajstić information content (AvgIpc) is 3.03. The first-order valence-corrected chi connectivity index (χ1v) is 9.26. The van der Waals surface area contributed by atoms with E-state index in [0.29, 0.717) is 44.9 Å². The molecule has 0 N–H and O–H groups in total. The van der Waals surface area contributed by atoms with Crippen molar-refractivity contribution in [3.63, 3.8) is 0 Å². The van der Waals surface area contributed by atoms with E-state index in [1.54, 1.807) is 24.0 Å². The van der Waals surface area contributed by atoms with E-state index in [4.69, 9.17) is 4.74 Å². The summed E-state index contributed by atoms with van der Waals surface area (Å²) < 4.78 is 18.1. The lowest BCUT2D eigenvalue weighted by Crippen LogP contribution is -2.47. The summed E-state index contributed by atoms with van der Waals surface area (Å²) in [6.45, 7) is 3.85. The van der Waals surface area contributed by atoms with E-state index in [-0.39, 0.29) is 36.2 Å². The zero-order valence-electron chi connectivity index (χ0n) is 15.4. The molecule has 1 atom stereocenters. The molecule has 2 aliphatic heterocycles. The van der Waals surface area contributed by atoms with Crippen molar-refractivity contribution < 1.29 is 23.5 Å². The van der Waals surface area contributed by atoms with Crippen LogP contribution in [0, 0.1) is 11.7 Å². The summed E-state index contributed by atoms with van der Waals surface area (Å²) in [4.78, 5) is 41.8. The normalized spacial score (nSPS) is 20.1. The number of ether oxygens (including phenoxy) is 1. The molecule has 0 aromatic heterocycles. The number of benzene rings is 1. The largest absolute Gasteiger partial charge is 0.466 e. The van der Waals surface area contributed by atoms with Gasteiger partial charge in [-0.25, -0.2) is 9.18 Å². The Labute approximate surface area is 157 Å². The Morgan fingerprint density at radius 2 is 1.93 bits per heavy atom. The Morgan fingerprint density at radius 3 is 2.63 bits per heavy atom. The van der Waals surface area contributed by atoms with Crippen molar-refractivity contribution in [3.8, 4) is 0 Å². The highest BCUT2D eigenvalue weighted by Crippen LogP contribution is 2.22. The lowest BCUT2D eigenvalue weighted by Gasteiger charge is -2.32. The maximum Gasteiger partial charge on any atom is 0.325 e. The molecule has 0 aliphatic carbocycles. The molecule has 0 bridgehead atoms. The number of piperidine rings is 1. The van der Waals surface area contributed by atoms with Crippen molar-refractivity contribution in [1.82, 2.24) is 9.80 Å². The summed E-state index contributed by atoms with van der Waals surface area (Å²) in [7, 11) is 0. The SMILES string of the molecule is CCOC(=O)C1CCCN(C(=O)CN2CCN(c3ccc(F)cc3)C2=O)C1. The number of amides is 3. The van der Waals surface area contributed by atoms with E-state index in [1.807, 2.05) is 0 Å². The minimum atomic E-state index is -0.362. The monoisotopic (exact) mass is 377 g/mol. The zero-order valence-corrected chi connectivity index (χ0v) is 15.4. The Kier molecular flexibility index (Phi) is 5.93. The van der Waals surface area contributed by atoms with Gasteiger partial charge in [0.1, 0.15) is 12.4 Å². The highest BCUT2D eigenvalue weighted by molar-refractivity contribution is 5.96. The van der Waals surface area contributed by atoms with Gasteiger partial charge in [-0.2, -0.15) is 0 Å². The van der Waals surface area contributed by atoms with Crippen molar-refractivity contribution in [2.24, 2.45) is 5.92 Å². The lowest BCUT2D eigenvalue weighted by atomic mass is 9.98. The number of esters is 1. The van der Waals surface area contributed by atoms with Crippen molar-refractivity contribution >= 4 is 23.6 Å². The summed E-state index contributed by atoms with van der Waals surface area (Å²) in [6, 6.07) is 5.44. The molecule has 146 valence electrons. The second kappa shape index (κ2) is 8.37. The molecule has 0 saturated carbocycles. The predicted molar refractivity (Wildman–Crippen MR) is 96.7 cm³/mol. The number of urea groups is 1. The number of carbonyl (C=O) groups excluding carboxylic acids is 3. The summed E-state index contributed by atoms with van der Waals surface area (Å²) in [5, 5.41) is 0. The second-order valence-corrected chi connectivity index (χ2v) is 6.76. The van der Waals surface area contributed by atoms with E-state index in [1.165, 1.54) is 21.9 Å². The minimum absolute atomic E-state index is 0.0218. The number of anilines is 1. The molecule has 3 amide bonds. The van der Waals surface area contributed by atoms with Gasteiger partial charge < -0.3 is 14.5 Å². The first-order valence-electron chi connectivity index (χ1n) is 9.26. The lowest BCUT2D eigenvalue weighted by molar-refractivity contribution is -0.151. The van der Waals surface area contributed by atoms with E-state index in [0.717, 1.165) is 6.42 Å². The molecule has 2 heterocycles. The quantitative estimate of drug-likeness (QED) is 0.735. The number of hydrogen-bond donors (Lipinski definition) is 0. The average molecular weight is 377 g/mol. The Hall–Kier alpha value is -2.64. The van der Waals surface area contributed by atoms with E-state index in [2.05, 4.69) is 0 Å². The summed E-state index contributed by atoms with van der Waals surface area (Å²) in [5.41, 5.74) is 0.608. The Bertz CT molecular complexity index is 709. The second-order valence-electron chi connectivity index (χ2n) is 6.76. The van der Waals surface area contributed by atoms with Gasteiger partial charge in [0.2, 0.25) is 5.91 Å². The molecule has 7 nitrogen and oxygen atoms in total. The van der Waals surface area contributed by atoms with Crippen LogP contribution in [0.1, 0.15) is 19.8 Å². The highest BCUT2D eigenvalue weighted by atomic mass is 19.1. The molecule has 8 heteroatoms. The smallest absolute Gasteiger partial charge is 0.325 e. The summed E-state index contributed by atoms with van der Waals surface area (Å²) in [5.74, 6) is -1.10. The minimum Gasteiger partial charge on any atom is -0.466 e. The van der Waals surface area contributed by atoms with Crippen molar-refractivity contribution in [2.75, 3.05) is 44.2 Å². The molecular weight excluding hydrogens is 353 g/mol. The number of rotatable bonds is 5. The van der Waals surface area contributed by atoms with Gasteiger partial charge in [0, 0.05) is 31.9 Å². The Balaban J connectivity index is 1.57. The van der Waals surface area contributed by atoms with Crippen LogP contribution in [0.3, 0.4) is 0 Å².